The Morgan fingerprint density at radius 1 is 1.22 bits per heavy atom. The highest BCUT2D eigenvalue weighted by atomic mass is 19.1. The lowest BCUT2D eigenvalue weighted by atomic mass is 9.93. The van der Waals surface area contributed by atoms with E-state index in [-0.39, 0.29) is 11.9 Å². The molecule has 1 aromatic rings. The molecule has 0 amide bonds. The molecule has 1 aliphatic rings. The zero-order valence-corrected chi connectivity index (χ0v) is 11.5. The summed E-state index contributed by atoms with van der Waals surface area (Å²) in [5.41, 5.74) is 8.75. The Morgan fingerprint density at radius 3 is 2.33 bits per heavy atom. The first kappa shape index (κ1) is 13.5. The van der Waals surface area contributed by atoms with Crippen molar-refractivity contribution >= 4 is 0 Å². The molecule has 1 aromatic carbocycles. The third-order valence-corrected chi connectivity index (χ3v) is 4.25. The average molecular weight is 249 g/mol. The van der Waals surface area contributed by atoms with Crippen molar-refractivity contribution < 1.29 is 4.39 Å². The van der Waals surface area contributed by atoms with Crippen LogP contribution in [-0.2, 0) is 0 Å². The lowest BCUT2D eigenvalue weighted by Crippen LogP contribution is -2.12. The highest BCUT2D eigenvalue weighted by molar-refractivity contribution is 5.32. The molecule has 2 N–H and O–H groups in total. The molecule has 0 radical (unpaired) electrons. The van der Waals surface area contributed by atoms with E-state index >= 15 is 0 Å². The van der Waals surface area contributed by atoms with Crippen molar-refractivity contribution in [2.75, 3.05) is 0 Å². The van der Waals surface area contributed by atoms with Crippen LogP contribution in [0.5, 0.6) is 0 Å². The first-order valence-corrected chi connectivity index (χ1v) is 7.10. The zero-order chi connectivity index (χ0) is 13.1. The molecule has 0 bridgehead atoms. The lowest BCUT2D eigenvalue weighted by Gasteiger charge is -2.16. The fourth-order valence-electron chi connectivity index (χ4n) is 3.07. The van der Waals surface area contributed by atoms with Gasteiger partial charge in [0.1, 0.15) is 5.82 Å². The van der Waals surface area contributed by atoms with E-state index in [1.54, 1.807) is 0 Å². The third kappa shape index (κ3) is 3.11. The largest absolute Gasteiger partial charge is 0.324 e. The third-order valence-electron chi connectivity index (χ3n) is 4.25. The smallest absolute Gasteiger partial charge is 0.129 e. The minimum absolute atomic E-state index is 0.0589. The molecule has 1 fully saturated rings. The standard InChI is InChI=1S/C16H24FN/c1-11-9-14(10-12(2)16(11)17)15(18)8-7-13-5-3-4-6-13/h9-10,13,15H,3-8,18H2,1-2H3. The summed E-state index contributed by atoms with van der Waals surface area (Å²) in [5.74, 6) is 0.778. The molecule has 0 saturated heterocycles. The fourth-order valence-corrected chi connectivity index (χ4v) is 3.07. The summed E-state index contributed by atoms with van der Waals surface area (Å²) in [6.45, 7) is 3.63. The van der Waals surface area contributed by atoms with Gasteiger partial charge >= 0.3 is 0 Å². The van der Waals surface area contributed by atoms with E-state index in [9.17, 15) is 4.39 Å². The van der Waals surface area contributed by atoms with Crippen molar-refractivity contribution in [3.8, 4) is 0 Å². The minimum Gasteiger partial charge on any atom is -0.324 e. The number of hydrogen-bond acceptors (Lipinski definition) is 1. The van der Waals surface area contributed by atoms with Gasteiger partial charge in [-0.25, -0.2) is 4.39 Å². The van der Waals surface area contributed by atoms with E-state index in [1.807, 2.05) is 26.0 Å². The normalized spacial score (nSPS) is 18.2. The second kappa shape index (κ2) is 5.83. The van der Waals surface area contributed by atoms with Crippen LogP contribution in [-0.4, -0.2) is 0 Å². The average Bonchev–Trinajstić information content (AvgIpc) is 2.85. The van der Waals surface area contributed by atoms with Gasteiger partial charge in [-0.15, -0.1) is 0 Å². The van der Waals surface area contributed by atoms with E-state index in [2.05, 4.69) is 0 Å². The molecule has 1 aliphatic carbocycles. The zero-order valence-electron chi connectivity index (χ0n) is 11.5. The van der Waals surface area contributed by atoms with Gasteiger partial charge < -0.3 is 5.73 Å². The topological polar surface area (TPSA) is 26.0 Å². The van der Waals surface area contributed by atoms with Gasteiger partial charge in [-0.2, -0.15) is 0 Å². The first-order valence-electron chi connectivity index (χ1n) is 7.10. The van der Waals surface area contributed by atoms with Gasteiger partial charge in [0.15, 0.2) is 0 Å². The monoisotopic (exact) mass is 249 g/mol. The molecule has 2 heteroatoms. The minimum atomic E-state index is -0.0956. The Morgan fingerprint density at radius 2 is 1.78 bits per heavy atom. The van der Waals surface area contributed by atoms with Crippen molar-refractivity contribution in [3.05, 3.63) is 34.6 Å². The van der Waals surface area contributed by atoms with E-state index in [0.29, 0.717) is 11.1 Å². The van der Waals surface area contributed by atoms with E-state index < -0.39 is 0 Å². The second-order valence-corrected chi connectivity index (χ2v) is 5.80. The van der Waals surface area contributed by atoms with E-state index in [1.165, 1.54) is 32.1 Å². The van der Waals surface area contributed by atoms with Crippen molar-refractivity contribution in [1.29, 1.82) is 0 Å². The molecular formula is C16H24FN. The number of aryl methyl sites for hydroxylation is 2. The highest BCUT2D eigenvalue weighted by Crippen LogP contribution is 2.31. The summed E-state index contributed by atoms with van der Waals surface area (Å²) in [6, 6.07) is 3.87. The van der Waals surface area contributed by atoms with E-state index in [4.69, 9.17) is 5.73 Å². The molecule has 18 heavy (non-hydrogen) atoms. The van der Waals surface area contributed by atoms with Crippen LogP contribution in [0, 0.1) is 25.6 Å². The number of benzene rings is 1. The summed E-state index contributed by atoms with van der Waals surface area (Å²) in [5, 5.41) is 0. The number of rotatable bonds is 4. The van der Waals surface area contributed by atoms with Crippen LogP contribution in [0.25, 0.3) is 0 Å². The predicted octanol–water partition coefficient (Wildman–Crippen LogP) is 4.41. The molecule has 2 rings (SSSR count). The Kier molecular flexibility index (Phi) is 4.39. The van der Waals surface area contributed by atoms with Gasteiger partial charge in [-0.05, 0) is 49.3 Å². The number of nitrogens with two attached hydrogens (primary N) is 1. The van der Waals surface area contributed by atoms with Gasteiger partial charge in [-0.1, -0.05) is 37.8 Å². The number of hydrogen-bond donors (Lipinski definition) is 1. The van der Waals surface area contributed by atoms with Gasteiger partial charge in [0.25, 0.3) is 0 Å². The van der Waals surface area contributed by atoms with Crippen LogP contribution in [0.3, 0.4) is 0 Å². The van der Waals surface area contributed by atoms with Crippen LogP contribution in [0.2, 0.25) is 0 Å². The van der Waals surface area contributed by atoms with Gasteiger partial charge in [-0.3, -0.25) is 0 Å². The quantitative estimate of drug-likeness (QED) is 0.840. The summed E-state index contributed by atoms with van der Waals surface area (Å²) in [7, 11) is 0. The predicted molar refractivity (Wildman–Crippen MR) is 74.0 cm³/mol. The van der Waals surface area contributed by atoms with Crippen molar-refractivity contribution in [2.45, 2.75) is 58.4 Å². The molecule has 0 aromatic heterocycles. The van der Waals surface area contributed by atoms with Crippen molar-refractivity contribution in [2.24, 2.45) is 11.7 Å². The Hall–Kier alpha value is -0.890. The maximum absolute atomic E-state index is 13.6. The van der Waals surface area contributed by atoms with Crippen molar-refractivity contribution in [1.82, 2.24) is 0 Å². The molecule has 0 heterocycles. The van der Waals surface area contributed by atoms with Crippen LogP contribution in [0.1, 0.15) is 61.3 Å². The molecule has 1 saturated carbocycles. The second-order valence-electron chi connectivity index (χ2n) is 5.80. The maximum Gasteiger partial charge on any atom is 0.129 e. The molecule has 0 spiro atoms. The summed E-state index contributed by atoms with van der Waals surface area (Å²) < 4.78 is 13.6. The van der Waals surface area contributed by atoms with Gasteiger partial charge in [0.05, 0.1) is 0 Å². The molecule has 100 valence electrons. The summed E-state index contributed by atoms with van der Waals surface area (Å²) >= 11 is 0. The van der Waals surface area contributed by atoms with Gasteiger partial charge in [0, 0.05) is 6.04 Å². The fraction of sp³-hybridized carbons (Fsp3) is 0.625. The van der Waals surface area contributed by atoms with Crippen molar-refractivity contribution in [3.63, 3.8) is 0 Å². The number of halogens is 1. The Balaban J connectivity index is 1.97. The first-order chi connectivity index (χ1) is 8.58. The molecule has 0 aliphatic heterocycles. The van der Waals surface area contributed by atoms with Crippen LogP contribution >= 0.6 is 0 Å². The van der Waals surface area contributed by atoms with Crippen LogP contribution in [0.15, 0.2) is 12.1 Å². The van der Waals surface area contributed by atoms with Crippen LogP contribution < -0.4 is 5.73 Å². The molecular weight excluding hydrogens is 225 g/mol. The van der Waals surface area contributed by atoms with Gasteiger partial charge in [0.2, 0.25) is 0 Å². The maximum atomic E-state index is 13.6. The SMILES string of the molecule is Cc1cc(C(N)CCC2CCCC2)cc(C)c1F. The summed E-state index contributed by atoms with van der Waals surface area (Å²) in [4.78, 5) is 0. The lowest BCUT2D eigenvalue weighted by molar-refractivity contribution is 0.453. The molecule has 1 unspecified atom stereocenters. The van der Waals surface area contributed by atoms with Crippen LogP contribution in [0.4, 0.5) is 4.39 Å². The van der Waals surface area contributed by atoms with E-state index in [0.717, 1.165) is 17.9 Å². The molecule has 1 atom stereocenters. The highest BCUT2D eigenvalue weighted by Gasteiger charge is 2.17. The molecule has 1 nitrogen and oxygen atoms in total. The summed E-state index contributed by atoms with van der Waals surface area (Å²) in [6.07, 6.45) is 7.75. The Labute approximate surface area is 110 Å². The Bertz CT molecular complexity index is 385.